The molecule has 11 nitrogen and oxygen atoms in total. The summed E-state index contributed by atoms with van der Waals surface area (Å²) in [6, 6.07) is 0. The molecule has 11 heteroatoms. The van der Waals surface area contributed by atoms with E-state index in [4.69, 9.17) is 15.2 Å². The molecule has 2 heterocycles. The number of ether oxygens (including phenoxy) is 2. The third-order valence-corrected chi connectivity index (χ3v) is 4.49. The number of nitrogens with one attached hydrogen (secondary N) is 1. The minimum atomic E-state index is -0.535. The predicted molar refractivity (Wildman–Crippen MR) is 108 cm³/mol. The van der Waals surface area contributed by atoms with Crippen LogP contribution in [-0.4, -0.2) is 50.5 Å². The maximum Gasteiger partial charge on any atom is 0.305 e. The number of carbonyl (C=O) groups excluding carboxylic acids is 3. The number of H-pyrrole nitrogens is 1. The van der Waals surface area contributed by atoms with Gasteiger partial charge in [0.1, 0.15) is 0 Å². The molecular formula is C19H27N5O6. The summed E-state index contributed by atoms with van der Waals surface area (Å²) >= 11 is 0. The van der Waals surface area contributed by atoms with Crippen molar-refractivity contribution in [3.05, 3.63) is 16.2 Å². The van der Waals surface area contributed by atoms with E-state index in [9.17, 15) is 19.2 Å². The van der Waals surface area contributed by atoms with Gasteiger partial charge in [-0.1, -0.05) is 20.8 Å². The summed E-state index contributed by atoms with van der Waals surface area (Å²) in [5, 5.41) is 0. The number of Topliss-reactive ketones (excluding diaryl/α,β-unsaturated/α-hetero) is 1. The predicted octanol–water partition coefficient (Wildman–Crippen LogP) is 1.21. The van der Waals surface area contributed by atoms with Crippen molar-refractivity contribution in [3.63, 3.8) is 0 Å². The molecule has 0 unspecified atom stereocenters. The first-order chi connectivity index (χ1) is 14.3. The van der Waals surface area contributed by atoms with E-state index in [0.29, 0.717) is 6.42 Å². The molecule has 2 rings (SSSR count). The Morgan fingerprint density at radius 3 is 2.17 bits per heavy atom. The van der Waals surface area contributed by atoms with E-state index in [1.54, 1.807) is 20.8 Å². The fourth-order valence-corrected chi connectivity index (χ4v) is 2.76. The molecule has 3 N–H and O–H groups in total. The molecule has 0 amide bonds. The first kappa shape index (κ1) is 23.0. The number of ketones is 1. The highest BCUT2D eigenvalue weighted by Gasteiger charge is 2.22. The SMILES string of the molecule is CCC(=O)OCC(CCn1c(C(=O)CC)nc2c(=O)[nH]c(N)nc21)COC(=O)CC. The van der Waals surface area contributed by atoms with Crippen molar-refractivity contribution >= 4 is 34.8 Å². The number of nitrogens with two attached hydrogens (primary N) is 1. The van der Waals surface area contributed by atoms with Crippen molar-refractivity contribution in [1.29, 1.82) is 0 Å². The second-order valence-corrected chi connectivity index (χ2v) is 6.71. The van der Waals surface area contributed by atoms with Gasteiger partial charge in [-0.25, -0.2) is 4.98 Å². The lowest BCUT2D eigenvalue weighted by Crippen LogP contribution is -2.23. The molecule has 0 radical (unpaired) electrons. The Bertz CT molecular complexity index is 960. The van der Waals surface area contributed by atoms with Gasteiger partial charge in [0.15, 0.2) is 22.8 Å². The highest BCUT2D eigenvalue weighted by atomic mass is 16.5. The number of hydrogen-bond donors (Lipinski definition) is 2. The van der Waals surface area contributed by atoms with Crippen LogP contribution in [0.2, 0.25) is 0 Å². The van der Waals surface area contributed by atoms with Gasteiger partial charge in [-0.05, 0) is 6.42 Å². The molecule has 0 aliphatic rings. The number of aromatic amines is 1. The molecule has 2 aromatic rings. The Hall–Kier alpha value is -3.24. The second kappa shape index (κ2) is 10.5. The first-order valence-corrected chi connectivity index (χ1v) is 9.91. The summed E-state index contributed by atoms with van der Waals surface area (Å²) in [5.74, 6) is -1.27. The molecule has 2 aromatic heterocycles. The molecule has 0 spiro atoms. The van der Waals surface area contributed by atoms with Gasteiger partial charge in [0.2, 0.25) is 5.95 Å². The molecule has 0 fully saturated rings. The summed E-state index contributed by atoms with van der Waals surface area (Å²) in [6.07, 6.45) is 1.05. The number of nitrogen functional groups attached to an aromatic ring is 1. The van der Waals surface area contributed by atoms with Crippen molar-refractivity contribution in [1.82, 2.24) is 19.5 Å². The van der Waals surface area contributed by atoms with Crippen molar-refractivity contribution in [2.24, 2.45) is 5.92 Å². The van der Waals surface area contributed by atoms with Crippen LogP contribution >= 0.6 is 0 Å². The van der Waals surface area contributed by atoms with Gasteiger partial charge >= 0.3 is 11.9 Å². The van der Waals surface area contributed by atoms with Crippen LogP contribution in [0.3, 0.4) is 0 Å². The Kier molecular flexibility index (Phi) is 8.07. The van der Waals surface area contributed by atoms with Crippen LogP contribution in [0.25, 0.3) is 11.2 Å². The molecule has 0 aliphatic heterocycles. The van der Waals surface area contributed by atoms with Crippen LogP contribution in [-0.2, 0) is 25.6 Å². The Morgan fingerprint density at radius 2 is 1.63 bits per heavy atom. The zero-order chi connectivity index (χ0) is 22.3. The average molecular weight is 421 g/mol. The number of imidazole rings is 1. The van der Waals surface area contributed by atoms with Gasteiger partial charge in [-0.3, -0.25) is 24.2 Å². The third-order valence-electron chi connectivity index (χ3n) is 4.49. The smallest absolute Gasteiger partial charge is 0.305 e. The van der Waals surface area contributed by atoms with Gasteiger partial charge in [-0.2, -0.15) is 4.98 Å². The van der Waals surface area contributed by atoms with Crippen molar-refractivity contribution in [3.8, 4) is 0 Å². The fourth-order valence-electron chi connectivity index (χ4n) is 2.76. The number of carbonyl (C=O) groups is 3. The average Bonchev–Trinajstić information content (AvgIpc) is 3.10. The van der Waals surface area contributed by atoms with E-state index in [0.717, 1.165) is 0 Å². The molecule has 164 valence electrons. The number of aryl methyl sites for hydroxylation is 1. The van der Waals surface area contributed by atoms with Gasteiger partial charge in [0.05, 0.1) is 13.2 Å². The zero-order valence-electron chi connectivity index (χ0n) is 17.4. The second-order valence-electron chi connectivity index (χ2n) is 6.71. The maximum atomic E-state index is 12.4. The van der Waals surface area contributed by atoms with E-state index in [1.807, 2.05) is 0 Å². The van der Waals surface area contributed by atoms with Gasteiger partial charge in [0.25, 0.3) is 5.56 Å². The van der Waals surface area contributed by atoms with Gasteiger partial charge < -0.3 is 19.8 Å². The minimum Gasteiger partial charge on any atom is -0.465 e. The summed E-state index contributed by atoms with van der Waals surface area (Å²) in [6.45, 7) is 5.42. The maximum absolute atomic E-state index is 12.4. The lowest BCUT2D eigenvalue weighted by Gasteiger charge is -2.18. The monoisotopic (exact) mass is 421 g/mol. The number of hydrogen-bond acceptors (Lipinski definition) is 9. The third kappa shape index (κ3) is 5.65. The molecule has 0 saturated carbocycles. The van der Waals surface area contributed by atoms with Crippen LogP contribution in [0, 0.1) is 5.92 Å². The number of anilines is 1. The summed E-state index contributed by atoms with van der Waals surface area (Å²) in [4.78, 5) is 58.2. The molecular weight excluding hydrogens is 394 g/mol. The van der Waals surface area contributed by atoms with Crippen LogP contribution in [0.5, 0.6) is 0 Å². The Balaban J connectivity index is 2.29. The van der Waals surface area contributed by atoms with E-state index in [2.05, 4.69) is 15.0 Å². The number of rotatable bonds is 11. The zero-order valence-corrected chi connectivity index (χ0v) is 17.4. The minimum absolute atomic E-state index is 0.0207. The number of aromatic nitrogens is 4. The molecule has 0 aromatic carbocycles. The van der Waals surface area contributed by atoms with Crippen molar-refractivity contribution in [2.45, 2.75) is 53.0 Å². The fraction of sp³-hybridized carbons (Fsp3) is 0.579. The van der Waals surface area contributed by atoms with Crippen molar-refractivity contribution in [2.75, 3.05) is 18.9 Å². The summed E-state index contributed by atoms with van der Waals surface area (Å²) in [5.41, 5.74) is 5.33. The lowest BCUT2D eigenvalue weighted by molar-refractivity contribution is -0.148. The highest BCUT2D eigenvalue weighted by molar-refractivity contribution is 5.95. The molecule has 0 bridgehead atoms. The van der Waals surface area contributed by atoms with Crippen LogP contribution in [0.1, 0.15) is 57.1 Å². The van der Waals surface area contributed by atoms with Crippen molar-refractivity contribution < 1.29 is 23.9 Å². The molecule has 30 heavy (non-hydrogen) atoms. The van der Waals surface area contributed by atoms with E-state index in [1.165, 1.54) is 4.57 Å². The molecule has 0 atom stereocenters. The topological polar surface area (TPSA) is 159 Å². The van der Waals surface area contributed by atoms with E-state index in [-0.39, 0.29) is 85.6 Å². The van der Waals surface area contributed by atoms with Crippen LogP contribution in [0.4, 0.5) is 5.95 Å². The normalized spacial score (nSPS) is 11.1. The Labute approximate surface area is 173 Å². The quantitative estimate of drug-likeness (QED) is 0.401. The summed E-state index contributed by atoms with van der Waals surface area (Å²) < 4.78 is 11.9. The van der Waals surface area contributed by atoms with Crippen LogP contribution in [0.15, 0.2) is 4.79 Å². The van der Waals surface area contributed by atoms with E-state index >= 15 is 0 Å². The first-order valence-electron chi connectivity index (χ1n) is 9.91. The number of fused-ring (bicyclic) bond motifs is 1. The van der Waals surface area contributed by atoms with Gasteiger partial charge in [-0.15, -0.1) is 0 Å². The molecule has 0 aliphatic carbocycles. The standard InChI is InChI=1S/C19H27N5O6/c1-4-12(25)16-21-15-17(22-19(20)23-18(15)28)24(16)8-7-11(9-29-13(26)5-2)10-30-14(27)6-3/h11H,4-10H2,1-3H3,(H3,20,22,23,28). The van der Waals surface area contributed by atoms with E-state index < -0.39 is 5.56 Å². The summed E-state index contributed by atoms with van der Waals surface area (Å²) in [7, 11) is 0. The highest BCUT2D eigenvalue weighted by Crippen LogP contribution is 2.17. The Morgan fingerprint density at radius 1 is 1.03 bits per heavy atom. The largest absolute Gasteiger partial charge is 0.465 e. The van der Waals surface area contributed by atoms with Gasteiger partial charge in [0, 0.05) is 31.7 Å². The molecule has 0 saturated heterocycles. The number of nitrogens with zero attached hydrogens (tertiary/aromatic N) is 3. The lowest BCUT2D eigenvalue weighted by atomic mass is 10.1. The van der Waals surface area contributed by atoms with Crippen LogP contribution < -0.4 is 11.3 Å². The number of esters is 2.